The van der Waals surface area contributed by atoms with E-state index in [0.717, 1.165) is 19.5 Å². The van der Waals surface area contributed by atoms with E-state index >= 15 is 0 Å². The van der Waals surface area contributed by atoms with E-state index in [9.17, 15) is 14.3 Å². The summed E-state index contributed by atoms with van der Waals surface area (Å²) in [6.45, 7) is 5.24. The number of benzene rings is 2. The van der Waals surface area contributed by atoms with Crippen LogP contribution in [0.1, 0.15) is 17.5 Å². The Morgan fingerprint density at radius 3 is 2.97 bits per heavy atom. The number of carbonyl (C=O) groups is 1. The van der Waals surface area contributed by atoms with Crippen LogP contribution < -0.4 is 5.32 Å². The predicted octanol–water partition coefficient (Wildman–Crippen LogP) is 4.13. The van der Waals surface area contributed by atoms with Crippen molar-refractivity contribution in [2.75, 3.05) is 32.1 Å². The minimum atomic E-state index is -0.585. The first-order valence-electron chi connectivity index (χ1n) is 11.3. The Balaban J connectivity index is 1.57. The number of aliphatic hydroxyl groups excluding tert-OH is 1. The van der Waals surface area contributed by atoms with E-state index in [4.69, 9.17) is 11.6 Å². The Morgan fingerprint density at radius 2 is 2.23 bits per heavy atom. The fourth-order valence-electron chi connectivity index (χ4n) is 4.74. The van der Waals surface area contributed by atoms with Crippen LogP contribution in [0.15, 0.2) is 48.8 Å². The number of fused-ring (bicyclic) bond motifs is 2. The van der Waals surface area contributed by atoms with E-state index in [2.05, 4.69) is 45.7 Å². The van der Waals surface area contributed by atoms with Crippen LogP contribution in [0, 0.1) is 29.0 Å². The standard InChI is InChI=1S/C27H24ClFN4O2/c1-16(13-34)24(35)10-18-8-20-23(9-17(18)6-7-27-11-19(27)12-33(2)14-27)30-15-31-26(20)32-22-5-3-4-21(28)25(22)29/h3-5,8-9,15,19,34H,1,10-14H2,2H3,(H,30,31,32)/t19-,27+/m1/s1. The average molecular weight is 491 g/mol. The smallest absolute Gasteiger partial charge is 0.165 e. The van der Waals surface area contributed by atoms with Gasteiger partial charge in [0.15, 0.2) is 11.6 Å². The third-order valence-electron chi connectivity index (χ3n) is 6.76. The largest absolute Gasteiger partial charge is 0.392 e. The number of piperidine rings is 1. The molecular weight excluding hydrogens is 467 g/mol. The SMILES string of the molecule is C=C(CO)C(=O)Cc1cc2c(Nc3cccc(Cl)c3F)ncnc2cc1C#C[C@@]12C[C@@H]1CN(C)C2. The van der Waals surface area contributed by atoms with Gasteiger partial charge in [0.2, 0.25) is 0 Å². The number of nitrogens with one attached hydrogen (secondary N) is 1. The van der Waals surface area contributed by atoms with Gasteiger partial charge < -0.3 is 15.3 Å². The van der Waals surface area contributed by atoms with Crippen molar-refractivity contribution in [1.82, 2.24) is 14.9 Å². The van der Waals surface area contributed by atoms with Gasteiger partial charge in [0.25, 0.3) is 0 Å². The van der Waals surface area contributed by atoms with E-state index in [1.165, 1.54) is 12.4 Å². The minimum Gasteiger partial charge on any atom is -0.392 e. The molecule has 2 aromatic carbocycles. The summed E-state index contributed by atoms with van der Waals surface area (Å²) < 4.78 is 14.5. The number of likely N-dealkylation sites (tertiary alicyclic amines) is 1. The van der Waals surface area contributed by atoms with E-state index in [1.54, 1.807) is 18.2 Å². The summed E-state index contributed by atoms with van der Waals surface area (Å²) in [4.78, 5) is 23.6. The molecule has 0 unspecified atom stereocenters. The molecule has 0 spiro atoms. The highest BCUT2D eigenvalue weighted by Crippen LogP contribution is 2.56. The van der Waals surface area contributed by atoms with Crippen molar-refractivity contribution in [3.8, 4) is 11.8 Å². The third kappa shape index (κ3) is 4.53. The summed E-state index contributed by atoms with van der Waals surface area (Å²) in [5, 5.41) is 13.0. The molecule has 0 amide bonds. The summed E-state index contributed by atoms with van der Waals surface area (Å²) in [7, 11) is 2.10. The Kier molecular flexibility index (Phi) is 6.06. The average Bonchev–Trinajstić information content (AvgIpc) is 3.40. The molecule has 1 saturated carbocycles. The highest BCUT2D eigenvalue weighted by molar-refractivity contribution is 6.31. The molecule has 1 aromatic heterocycles. The number of carbonyl (C=O) groups excluding carboxylic acids is 1. The first-order valence-corrected chi connectivity index (χ1v) is 11.7. The fourth-order valence-corrected chi connectivity index (χ4v) is 4.92. The number of halogens is 2. The maximum atomic E-state index is 14.5. The number of aromatic nitrogens is 2. The van der Waals surface area contributed by atoms with Crippen LogP contribution in [-0.2, 0) is 11.2 Å². The molecule has 2 fully saturated rings. The molecule has 1 aliphatic carbocycles. The highest BCUT2D eigenvalue weighted by Gasteiger charge is 2.58. The Bertz CT molecular complexity index is 1430. The first kappa shape index (κ1) is 23.4. The van der Waals surface area contributed by atoms with Crippen LogP contribution in [0.4, 0.5) is 15.9 Å². The maximum absolute atomic E-state index is 14.5. The summed E-state index contributed by atoms with van der Waals surface area (Å²) in [5.74, 6) is 6.90. The number of aliphatic hydroxyl groups is 1. The monoisotopic (exact) mass is 490 g/mol. The second-order valence-electron chi connectivity index (χ2n) is 9.34. The van der Waals surface area contributed by atoms with E-state index in [1.807, 2.05) is 6.07 Å². The van der Waals surface area contributed by atoms with Gasteiger partial charge >= 0.3 is 0 Å². The molecule has 178 valence electrons. The summed E-state index contributed by atoms with van der Waals surface area (Å²) in [6.07, 6.45) is 2.51. The lowest BCUT2D eigenvalue weighted by Crippen LogP contribution is -2.19. The van der Waals surface area contributed by atoms with Crippen molar-refractivity contribution >= 4 is 39.8 Å². The number of hydrogen-bond acceptors (Lipinski definition) is 6. The lowest BCUT2D eigenvalue weighted by Gasteiger charge is -2.13. The number of nitrogens with zero attached hydrogens (tertiary/aromatic N) is 3. The summed E-state index contributed by atoms with van der Waals surface area (Å²) in [6, 6.07) is 8.31. The van der Waals surface area contributed by atoms with Crippen LogP contribution in [-0.4, -0.2) is 52.5 Å². The van der Waals surface area contributed by atoms with Crippen molar-refractivity contribution in [3.63, 3.8) is 0 Å². The molecular formula is C27H24ClFN4O2. The van der Waals surface area contributed by atoms with Gasteiger partial charge in [-0.25, -0.2) is 14.4 Å². The Hall–Kier alpha value is -3.31. The van der Waals surface area contributed by atoms with Crippen LogP contribution >= 0.6 is 11.6 Å². The van der Waals surface area contributed by atoms with Crippen LogP contribution in [0.2, 0.25) is 5.02 Å². The molecule has 1 aliphatic heterocycles. The van der Waals surface area contributed by atoms with Gasteiger partial charge in [0.1, 0.15) is 12.1 Å². The Morgan fingerprint density at radius 1 is 1.40 bits per heavy atom. The molecule has 0 bridgehead atoms. The number of rotatable bonds is 6. The van der Waals surface area contributed by atoms with Crippen molar-refractivity contribution in [2.45, 2.75) is 12.8 Å². The van der Waals surface area contributed by atoms with Crippen LogP contribution in [0.5, 0.6) is 0 Å². The minimum absolute atomic E-state index is 0.00460. The lowest BCUT2D eigenvalue weighted by molar-refractivity contribution is -0.115. The molecule has 2 atom stereocenters. The van der Waals surface area contributed by atoms with Crippen molar-refractivity contribution in [3.05, 3.63) is 70.8 Å². The van der Waals surface area contributed by atoms with Gasteiger partial charge in [-0.2, -0.15) is 0 Å². The predicted molar refractivity (Wildman–Crippen MR) is 134 cm³/mol. The fraction of sp³-hybridized carbons (Fsp3) is 0.296. The van der Waals surface area contributed by atoms with Gasteiger partial charge in [-0.1, -0.05) is 36.1 Å². The van der Waals surface area contributed by atoms with Gasteiger partial charge in [0, 0.05) is 41.4 Å². The zero-order valence-corrected chi connectivity index (χ0v) is 20.0. The van der Waals surface area contributed by atoms with Crippen molar-refractivity contribution in [2.24, 2.45) is 11.3 Å². The molecule has 2 N–H and O–H groups in total. The van der Waals surface area contributed by atoms with Gasteiger partial charge in [-0.05, 0) is 49.2 Å². The lowest BCUT2D eigenvalue weighted by atomic mass is 9.96. The molecule has 1 saturated heterocycles. The van der Waals surface area contributed by atoms with E-state index < -0.39 is 12.4 Å². The summed E-state index contributed by atoms with van der Waals surface area (Å²) in [5.41, 5.74) is 2.31. The second kappa shape index (κ2) is 9.04. The van der Waals surface area contributed by atoms with E-state index in [0.29, 0.717) is 33.8 Å². The highest BCUT2D eigenvalue weighted by atomic mass is 35.5. The van der Waals surface area contributed by atoms with Gasteiger partial charge in [-0.3, -0.25) is 4.79 Å². The van der Waals surface area contributed by atoms with Crippen molar-refractivity contribution in [1.29, 1.82) is 0 Å². The number of Topliss-reactive ketones (excluding diaryl/α,β-unsaturated/α-hetero) is 1. The number of hydrogen-bond donors (Lipinski definition) is 2. The normalized spacial score (nSPS) is 20.7. The first-order chi connectivity index (χ1) is 16.8. The second-order valence-corrected chi connectivity index (χ2v) is 9.75. The molecule has 5 rings (SSSR count). The number of ketones is 1. The molecule has 6 nitrogen and oxygen atoms in total. The summed E-state index contributed by atoms with van der Waals surface area (Å²) >= 11 is 5.93. The van der Waals surface area contributed by atoms with Gasteiger partial charge in [-0.15, -0.1) is 0 Å². The van der Waals surface area contributed by atoms with Crippen LogP contribution in [0.25, 0.3) is 10.9 Å². The third-order valence-corrected chi connectivity index (χ3v) is 7.06. The maximum Gasteiger partial charge on any atom is 0.165 e. The topological polar surface area (TPSA) is 78.3 Å². The number of anilines is 2. The zero-order valence-electron chi connectivity index (χ0n) is 19.2. The van der Waals surface area contributed by atoms with Gasteiger partial charge in [0.05, 0.1) is 22.8 Å². The molecule has 2 aliphatic rings. The molecule has 35 heavy (non-hydrogen) atoms. The van der Waals surface area contributed by atoms with Crippen LogP contribution in [0.3, 0.4) is 0 Å². The zero-order chi connectivity index (χ0) is 24.7. The van der Waals surface area contributed by atoms with Crippen molar-refractivity contribution < 1.29 is 14.3 Å². The molecule has 8 heteroatoms. The molecule has 2 heterocycles. The quantitative estimate of drug-likeness (QED) is 0.399. The van der Waals surface area contributed by atoms with E-state index in [-0.39, 0.29) is 33.9 Å². The molecule has 0 radical (unpaired) electrons. The Labute approximate surface area is 207 Å². The molecule has 3 aromatic rings.